The van der Waals surface area contributed by atoms with Gasteiger partial charge in [0.25, 0.3) is 0 Å². The molecule has 25 heavy (non-hydrogen) atoms. The highest BCUT2D eigenvalue weighted by Gasteiger charge is 2.25. The second kappa shape index (κ2) is 7.57. The third-order valence-corrected chi connectivity index (χ3v) is 6.00. The number of fused-ring (bicyclic) bond motifs is 3. The number of nitrogens with two attached hydrogens (primary N) is 1. The number of thiophene rings is 1. The van der Waals surface area contributed by atoms with Crippen LogP contribution in [0.15, 0.2) is 5.16 Å². The van der Waals surface area contributed by atoms with Crippen molar-refractivity contribution in [2.75, 3.05) is 11.6 Å². The van der Waals surface area contributed by atoms with Gasteiger partial charge in [0.05, 0.1) is 5.39 Å². The molecule has 4 N–H and O–H groups in total. The minimum Gasteiger partial charge on any atom is -0.480 e. The van der Waals surface area contributed by atoms with Crippen LogP contribution in [0.1, 0.15) is 36.1 Å². The summed E-state index contributed by atoms with van der Waals surface area (Å²) in [4.78, 5) is 33.9. The lowest BCUT2D eigenvalue weighted by molar-refractivity contribution is -0.138. The monoisotopic (exact) mass is 380 g/mol. The average Bonchev–Trinajstić information content (AvgIpc) is 2.96. The maximum Gasteiger partial charge on any atom is 0.326 e. The van der Waals surface area contributed by atoms with Crippen LogP contribution in [0.25, 0.3) is 10.2 Å². The predicted octanol–water partition coefficient (Wildman–Crippen LogP) is 2.42. The highest BCUT2D eigenvalue weighted by Crippen LogP contribution is 2.39. The molecule has 1 amide bonds. The molecule has 0 aliphatic heterocycles. The molecule has 3 rings (SSSR count). The summed E-state index contributed by atoms with van der Waals surface area (Å²) in [7, 11) is 0. The van der Waals surface area contributed by atoms with Crippen molar-refractivity contribution in [2.45, 2.75) is 49.7 Å². The molecule has 0 fully saturated rings. The molecule has 0 radical (unpaired) electrons. The van der Waals surface area contributed by atoms with Crippen molar-refractivity contribution >= 4 is 51.0 Å². The van der Waals surface area contributed by atoms with Crippen molar-refractivity contribution in [3.8, 4) is 0 Å². The Hall–Kier alpha value is -1.87. The number of aliphatic carboxylic acids is 1. The molecule has 2 aromatic rings. The van der Waals surface area contributed by atoms with E-state index >= 15 is 0 Å². The summed E-state index contributed by atoms with van der Waals surface area (Å²) >= 11 is 3.09. The molecular weight excluding hydrogens is 360 g/mol. The van der Waals surface area contributed by atoms with Gasteiger partial charge in [-0.05, 0) is 43.9 Å². The molecule has 0 bridgehead atoms. The Morgan fingerprint density at radius 1 is 1.36 bits per heavy atom. The van der Waals surface area contributed by atoms with Crippen molar-refractivity contribution < 1.29 is 14.7 Å². The number of carbonyl (C=O) groups is 2. The summed E-state index contributed by atoms with van der Waals surface area (Å²) in [5.74, 6) is -0.993. The van der Waals surface area contributed by atoms with Crippen LogP contribution >= 0.6 is 23.1 Å². The van der Waals surface area contributed by atoms with E-state index in [0.29, 0.717) is 11.0 Å². The van der Waals surface area contributed by atoms with Gasteiger partial charge in [-0.3, -0.25) is 4.79 Å². The number of thioether (sulfide) groups is 1. The zero-order chi connectivity index (χ0) is 18.0. The second-order valence-electron chi connectivity index (χ2n) is 5.99. The molecular formula is C16H20N4O3S2. The molecule has 0 saturated carbocycles. The second-order valence-corrected chi connectivity index (χ2v) is 7.85. The van der Waals surface area contributed by atoms with Crippen LogP contribution in [0.5, 0.6) is 0 Å². The molecule has 2 heterocycles. The van der Waals surface area contributed by atoms with Crippen LogP contribution in [-0.4, -0.2) is 39.2 Å². The summed E-state index contributed by atoms with van der Waals surface area (Å²) in [5, 5.41) is 14.0. The summed E-state index contributed by atoms with van der Waals surface area (Å²) in [5.41, 5.74) is 6.39. The van der Waals surface area contributed by atoms with Gasteiger partial charge in [0, 0.05) is 11.3 Å². The number of nitrogens with zero attached hydrogens (tertiary/aromatic N) is 2. The van der Waals surface area contributed by atoms with Gasteiger partial charge in [-0.2, -0.15) is 0 Å². The van der Waals surface area contributed by atoms with Crippen LogP contribution in [0.4, 0.5) is 5.82 Å². The fourth-order valence-corrected chi connectivity index (χ4v) is 4.73. The molecule has 1 aliphatic rings. The minimum atomic E-state index is -1.03. The maximum absolute atomic E-state index is 11.6. The van der Waals surface area contributed by atoms with Gasteiger partial charge < -0.3 is 16.2 Å². The van der Waals surface area contributed by atoms with Gasteiger partial charge >= 0.3 is 5.97 Å². The average molecular weight is 380 g/mol. The molecule has 9 heteroatoms. The van der Waals surface area contributed by atoms with Crippen molar-refractivity contribution in [3.63, 3.8) is 0 Å². The molecule has 1 aliphatic carbocycles. The number of hydrogen-bond donors (Lipinski definition) is 3. The summed E-state index contributed by atoms with van der Waals surface area (Å²) in [6.07, 6.45) is 6.31. The lowest BCUT2D eigenvalue weighted by Crippen LogP contribution is -2.31. The van der Waals surface area contributed by atoms with E-state index in [9.17, 15) is 14.7 Å². The number of rotatable bonds is 7. The number of primary amides is 1. The Kier molecular flexibility index (Phi) is 5.43. The lowest BCUT2D eigenvalue weighted by atomic mass is 9.97. The topological polar surface area (TPSA) is 118 Å². The first-order valence-electron chi connectivity index (χ1n) is 8.13. The standard InChI is InChI=1S/C16H20N4O3S2/c1-24-16-19-13(18-9(15(22)23)6-7-11(17)21)12-8-4-2-3-5-10(8)25-14(12)20-16/h9H,2-7H2,1H3,(H2,17,21)(H,22,23)(H,18,19,20). The number of carboxylic acid groups (broad SMARTS) is 1. The number of aryl methyl sites for hydroxylation is 2. The number of aromatic nitrogens is 2. The first kappa shape index (κ1) is 17.9. The molecule has 0 spiro atoms. The molecule has 1 atom stereocenters. The first-order valence-corrected chi connectivity index (χ1v) is 10.2. The largest absolute Gasteiger partial charge is 0.480 e. The highest BCUT2D eigenvalue weighted by molar-refractivity contribution is 7.98. The smallest absolute Gasteiger partial charge is 0.326 e. The van der Waals surface area contributed by atoms with E-state index in [1.807, 2.05) is 6.26 Å². The summed E-state index contributed by atoms with van der Waals surface area (Å²) in [6.45, 7) is 0. The Morgan fingerprint density at radius 2 is 2.12 bits per heavy atom. The number of hydrogen-bond acceptors (Lipinski definition) is 7. The number of anilines is 1. The van der Waals surface area contributed by atoms with E-state index in [1.54, 1.807) is 11.3 Å². The summed E-state index contributed by atoms with van der Waals surface area (Å²) < 4.78 is 0. The van der Waals surface area contributed by atoms with Gasteiger partial charge in [0.15, 0.2) is 5.16 Å². The Morgan fingerprint density at radius 3 is 2.80 bits per heavy atom. The molecule has 2 aromatic heterocycles. The van der Waals surface area contributed by atoms with Crippen molar-refractivity contribution in [1.29, 1.82) is 0 Å². The van der Waals surface area contributed by atoms with Gasteiger partial charge in [-0.25, -0.2) is 14.8 Å². The number of carbonyl (C=O) groups excluding carboxylic acids is 1. The molecule has 7 nitrogen and oxygen atoms in total. The number of amides is 1. The Labute approximate surface area is 153 Å². The fraction of sp³-hybridized carbons (Fsp3) is 0.500. The van der Waals surface area contributed by atoms with Gasteiger partial charge in [-0.15, -0.1) is 11.3 Å². The van der Waals surface area contributed by atoms with Crippen LogP contribution in [0.3, 0.4) is 0 Å². The van der Waals surface area contributed by atoms with Crippen LogP contribution < -0.4 is 11.1 Å². The normalized spacial score (nSPS) is 14.9. The van der Waals surface area contributed by atoms with E-state index in [1.165, 1.54) is 28.6 Å². The van der Waals surface area contributed by atoms with Crippen LogP contribution in [0, 0.1) is 0 Å². The van der Waals surface area contributed by atoms with Crippen molar-refractivity contribution in [2.24, 2.45) is 5.73 Å². The number of carboxylic acids is 1. The molecule has 0 saturated heterocycles. The minimum absolute atomic E-state index is 0.00925. The van der Waals surface area contributed by atoms with E-state index in [-0.39, 0.29) is 12.8 Å². The predicted molar refractivity (Wildman–Crippen MR) is 99.3 cm³/mol. The van der Waals surface area contributed by atoms with E-state index < -0.39 is 17.9 Å². The first-order chi connectivity index (χ1) is 12.0. The van der Waals surface area contributed by atoms with Crippen LogP contribution in [0.2, 0.25) is 0 Å². The van der Waals surface area contributed by atoms with E-state index in [4.69, 9.17) is 5.73 Å². The van der Waals surface area contributed by atoms with E-state index in [2.05, 4.69) is 15.3 Å². The lowest BCUT2D eigenvalue weighted by Gasteiger charge is -2.17. The van der Waals surface area contributed by atoms with Gasteiger partial charge in [-0.1, -0.05) is 11.8 Å². The van der Waals surface area contributed by atoms with Gasteiger partial charge in [0.1, 0.15) is 16.7 Å². The number of nitrogens with one attached hydrogen (secondary N) is 1. The van der Waals surface area contributed by atoms with E-state index in [0.717, 1.165) is 29.5 Å². The Bertz CT molecular complexity index is 821. The zero-order valence-corrected chi connectivity index (χ0v) is 15.5. The molecule has 134 valence electrons. The van der Waals surface area contributed by atoms with Crippen molar-refractivity contribution in [3.05, 3.63) is 10.4 Å². The zero-order valence-electron chi connectivity index (χ0n) is 13.9. The fourth-order valence-electron chi connectivity index (χ4n) is 3.04. The SMILES string of the molecule is CSc1nc(NC(CCC(N)=O)C(=O)O)c2c3c(sc2n1)CCCC3. The molecule has 1 unspecified atom stereocenters. The third-order valence-electron chi connectivity index (χ3n) is 4.27. The van der Waals surface area contributed by atoms with Crippen LogP contribution in [-0.2, 0) is 22.4 Å². The van der Waals surface area contributed by atoms with Gasteiger partial charge in [0.2, 0.25) is 5.91 Å². The quantitative estimate of drug-likeness (QED) is 0.498. The third kappa shape index (κ3) is 3.87. The maximum atomic E-state index is 11.6. The Balaban J connectivity index is 2.02. The van der Waals surface area contributed by atoms with Crippen molar-refractivity contribution in [1.82, 2.24) is 9.97 Å². The highest BCUT2D eigenvalue weighted by atomic mass is 32.2. The summed E-state index contributed by atoms with van der Waals surface area (Å²) in [6, 6.07) is -0.917. The molecule has 0 aromatic carbocycles.